The zero-order valence-electron chi connectivity index (χ0n) is 9.35. The molecule has 2 aromatic rings. The van der Waals surface area contributed by atoms with E-state index in [0.717, 1.165) is 29.1 Å². The van der Waals surface area contributed by atoms with E-state index in [1.807, 2.05) is 30.7 Å². The van der Waals surface area contributed by atoms with Crippen molar-refractivity contribution in [2.75, 3.05) is 6.54 Å². The summed E-state index contributed by atoms with van der Waals surface area (Å²) >= 11 is 0. The van der Waals surface area contributed by atoms with Gasteiger partial charge in [0.05, 0.1) is 6.54 Å². The van der Waals surface area contributed by atoms with Crippen molar-refractivity contribution in [3.63, 3.8) is 0 Å². The summed E-state index contributed by atoms with van der Waals surface area (Å²) in [5.41, 5.74) is 4.47. The van der Waals surface area contributed by atoms with Crippen LogP contribution in [0.2, 0.25) is 0 Å². The maximum Gasteiger partial charge on any atom is 0.0573 e. The van der Waals surface area contributed by atoms with E-state index < -0.39 is 0 Å². The maximum atomic E-state index is 4.30. The summed E-state index contributed by atoms with van der Waals surface area (Å²) in [5.74, 6) is 0. The molecule has 0 amide bonds. The first kappa shape index (κ1) is 9.90. The number of aliphatic imine (C=N–C) groups is 1. The van der Waals surface area contributed by atoms with Crippen molar-refractivity contribution in [1.82, 2.24) is 9.97 Å². The van der Waals surface area contributed by atoms with E-state index in [-0.39, 0.29) is 0 Å². The molecule has 0 spiro atoms. The first-order valence-electron chi connectivity index (χ1n) is 5.63. The molecule has 17 heavy (non-hydrogen) atoms. The SMILES string of the molecule is C1=CC(=C(c2ccc[nH]2)c2ccc[nH]2)C=NC1. The fraction of sp³-hybridized carbons (Fsp3) is 0.0714. The quantitative estimate of drug-likeness (QED) is 0.786. The van der Waals surface area contributed by atoms with Crippen molar-refractivity contribution >= 4 is 11.8 Å². The van der Waals surface area contributed by atoms with Crippen LogP contribution in [0.15, 0.2) is 59.4 Å². The van der Waals surface area contributed by atoms with Crippen LogP contribution >= 0.6 is 0 Å². The molecular formula is C14H13N3. The molecule has 0 aromatic carbocycles. The number of aromatic nitrogens is 2. The first-order valence-corrected chi connectivity index (χ1v) is 5.63. The van der Waals surface area contributed by atoms with Crippen molar-refractivity contribution < 1.29 is 0 Å². The molecular weight excluding hydrogens is 210 g/mol. The van der Waals surface area contributed by atoms with Gasteiger partial charge in [-0.15, -0.1) is 0 Å². The molecule has 1 aliphatic heterocycles. The van der Waals surface area contributed by atoms with Crippen LogP contribution in [0.4, 0.5) is 0 Å². The van der Waals surface area contributed by atoms with Gasteiger partial charge in [-0.2, -0.15) is 0 Å². The molecule has 2 aromatic heterocycles. The van der Waals surface area contributed by atoms with Gasteiger partial charge in [-0.05, 0) is 24.3 Å². The van der Waals surface area contributed by atoms with Gasteiger partial charge >= 0.3 is 0 Å². The monoisotopic (exact) mass is 223 g/mol. The normalized spacial score (nSPS) is 14.2. The highest BCUT2D eigenvalue weighted by molar-refractivity contribution is 5.98. The predicted molar refractivity (Wildman–Crippen MR) is 70.1 cm³/mol. The number of nitrogens with one attached hydrogen (secondary N) is 2. The van der Waals surface area contributed by atoms with Crippen molar-refractivity contribution in [2.24, 2.45) is 4.99 Å². The minimum atomic E-state index is 0.770. The first-order chi connectivity index (χ1) is 8.45. The van der Waals surface area contributed by atoms with Crippen LogP contribution in [0.25, 0.3) is 5.57 Å². The third kappa shape index (κ3) is 1.87. The van der Waals surface area contributed by atoms with Gasteiger partial charge in [-0.3, -0.25) is 4.99 Å². The number of nitrogens with zero attached hydrogens (tertiary/aromatic N) is 1. The number of H-pyrrole nitrogens is 2. The van der Waals surface area contributed by atoms with Crippen molar-refractivity contribution in [3.05, 3.63) is 65.8 Å². The van der Waals surface area contributed by atoms with Crippen LogP contribution < -0.4 is 0 Å². The van der Waals surface area contributed by atoms with Crippen LogP contribution in [0.3, 0.4) is 0 Å². The largest absolute Gasteiger partial charge is 0.361 e. The Morgan fingerprint density at radius 3 is 2.24 bits per heavy atom. The van der Waals surface area contributed by atoms with E-state index in [9.17, 15) is 0 Å². The standard InChI is InChI=1S/C14H13N3/c1-4-11(10-15-7-1)14(12-5-2-8-16-12)13-6-3-9-17-13/h1-6,8-10,16-17H,7H2. The summed E-state index contributed by atoms with van der Waals surface area (Å²) in [7, 11) is 0. The molecule has 3 rings (SSSR count). The lowest BCUT2D eigenvalue weighted by molar-refractivity contribution is 1.23. The Bertz CT molecular complexity index is 519. The third-order valence-corrected chi connectivity index (χ3v) is 2.76. The number of dihydropyridines is 1. The van der Waals surface area contributed by atoms with Gasteiger partial charge < -0.3 is 9.97 Å². The van der Waals surface area contributed by atoms with Crippen LogP contribution in [0.1, 0.15) is 11.4 Å². The molecule has 0 radical (unpaired) electrons. The topological polar surface area (TPSA) is 43.9 Å². The summed E-state index contributed by atoms with van der Waals surface area (Å²) in [4.78, 5) is 10.8. The molecule has 0 fully saturated rings. The second kappa shape index (κ2) is 4.29. The van der Waals surface area contributed by atoms with Crippen LogP contribution in [-0.2, 0) is 0 Å². The van der Waals surface area contributed by atoms with Gasteiger partial charge in [-0.1, -0.05) is 12.2 Å². The summed E-state index contributed by atoms with van der Waals surface area (Å²) in [5, 5.41) is 0. The van der Waals surface area contributed by atoms with Gasteiger partial charge in [0.25, 0.3) is 0 Å². The predicted octanol–water partition coefficient (Wildman–Crippen LogP) is 2.79. The van der Waals surface area contributed by atoms with E-state index in [0.29, 0.717) is 0 Å². The second-order valence-electron chi connectivity index (χ2n) is 3.89. The zero-order valence-corrected chi connectivity index (χ0v) is 9.35. The van der Waals surface area contributed by atoms with Crippen LogP contribution in [0, 0.1) is 0 Å². The molecule has 3 heterocycles. The van der Waals surface area contributed by atoms with Gasteiger partial charge in [0, 0.05) is 41.1 Å². The molecule has 0 saturated carbocycles. The fourth-order valence-electron chi connectivity index (χ4n) is 2.01. The number of rotatable bonds is 2. The van der Waals surface area contributed by atoms with E-state index in [1.165, 1.54) is 0 Å². The number of allylic oxidation sites excluding steroid dienone is 2. The van der Waals surface area contributed by atoms with Gasteiger partial charge in [0.15, 0.2) is 0 Å². The minimum Gasteiger partial charge on any atom is -0.361 e. The summed E-state index contributed by atoms with van der Waals surface area (Å²) in [6.45, 7) is 0.770. The number of hydrogen-bond acceptors (Lipinski definition) is 1. The maximum absolute atomic E-state index is 4.30. The third-order valence-electron chi connectivity index (χ3n) is 2.76. The fourth-order valence-corrected chi connectivity index (χ4v) is 2.01. The van der Waals surface area contributed by atoms with Crippen molar-refractivity contribution in [3.8, 4) is 0 Å². The Balaban J connectivity index is 2.18. The highest BCUT2D eigenvalue weighted by atomic mass is 14.7. The molecule has 3 nitrogen and oxygen atoms in total. The average molecular weight is 223 g/mol. The number of hydrogen-bond donors (Lipinski definition) is 2. The summed E-state index contributed by atoms with van der Waals surface area (Å²) in [6, 6.07) is 8.14. The highest BCUT2D eigenvalue weighted by Crippen LogP contribution is 2.25. The number of aromatic amines is 2. The molecule has 0 bridgehead atoms. The van der Waals surface area contributed by atoms with Crippen molar-refractivity contribution in [1.29, 1.82) is 0 Å². The molecule has 2 N–H and O–H groups in total. The minimum absolute atomic E-state index is 0.770. The van der Waals surface area contributed by atoms with E-state index in [1.54, 1.807) is 0 Å². The molecule has 0 aliphatic carbocycles. The van der Waals surface area contributed by atoms with E-state index in [2.05, 4.69) is 39.2 Å². The molecule has 0 unspecified atom stereocenters. The van der Waals surface area contributed by atoms with Crippen LogP contribution in [0.5, 0.6) is 0 Å². The van der Waals surface area contributed by atoms with Crippen molar-refractivity contribution in [2.45, 2.75) is 0 Å². The lowest BCUT2D eigenvalue weighted by Gasteiger charge is -2.09. The smallest absolute Gasteiger partial charge is 0.0573 e. The highest BCUT2D eigenvalue weighted by Gasteiger charge is 2.11. The average Bonchev–Trinajstić information content (AvgIpc) is 3.04. The second-order valence-corrected chi connectivity index (χ2v) is 3.89. The molecule has 84 valence electrons. The van der Waals surface area contributed by atoms with E-state index in [4.69, 9.17) is 0 Å². The Kier molecular flexibility index (Phi) is 2.50. The Morgan fingerprint density at radius 2 is 1.76 bits per heavy atom. The summed E-state index contributed by atoms with van der Waals surface area (Å²) < 4.78 is 0. The van der Waals surface area contributed by atoms with Gasteiger partial charge in [0.2, 0.25) is 0 Å². The molecule has 1 aliphatic rings. The summed E-state index contributed by atoms with van der Waals surface area (Å²) in [6.07, 6.45) is 9.98. The molecule has 0 saturated heterocycles. The molecule has 3 heteroatoms. The Morgan fingerprint density at radius 1 is 1.06 bits per heavy atom. The Hall–Kier alpha value is -2.29. The van der Waals surface area contributed by atoms with Gasteiger partial charge in [0.1, 0.15) is 0 Å². The van der Waals surface area contributed by atoms with Gasteiger partial charge in [-0.25, -0.2) is 0 Å². The lowest BCUT2D eigenvalue weighted by Crippen LogP contribution is -1.98. The van der Waals surface area contributed by atoms with E-state index >= 15 is 0 Å². The van der Waals surface area contributed by atoms with Crippen LogP contribution in [-0.4, -0.2) is 22.7 Å². The zero-order chi connectivity index (χ0) is 11.5. The Labute approximate surface area is 99.6 Å². The lowest BCUT2D eigenvalue weighted by atomic mass is 10.0. The molecule has 0 atom stereocenters.